The van der Waals surface area contributed by atoms with Crippen molar-refractivity contribution >= 4 is 7.69 Å². The van der Waals surface area contributed by atoms with E-state index in [4.69, 9.17) is 15.5 Å². The molecule has 0 amide bonds. The van der Waals surface area contributed by atoms with Crippen LogP contribution in [0.5, 0.6) is 0 Å². The fourth-order valence-electron chi connectivity index (χ4n) is 1.08. The molecule has 0 aliphatic rings. The largest absolute Gasteiger partial charge is 0.486 e. The predicted molar refractivity (Wildman–Crippen MR) is 57.7 cm³/mol. The molecule has 0 spiro atoms. The number of benzene rings is 1. The molecule has 1 aromatic carbocycles. The Balaban J connectivity index is 2.31. The molecule has 0 bridgehead atoms. The third kappa shape index (κ3) is 4.44. The second kappa shape index (κ2) is 6.58. The van der Waals surface area contributed by atoms with E-state index in [1.807, 2.05) is 30.3 Å². The van der Waals surface area contributed by atoms with Crippen molar-refractivity contribution in [1.29, 1.82) is 0 Å². The molecule has 4 nitrogen and oxygen atoms in total. The van der Waals surface area contributed by atoms with Gasteiger partial charge >= 0.3 is 7.69 Å². The van der Waals surface area contributed by atoms with Gasteiger partial charge in [-0.1, -0.05) is 30.3 Å². The monoisotopic (exact) mass is 208 g/mol. The van der Waals surface area contributed by atoms with Gasteiger partial charge in [-0.2, -0.15) is 0 Å². The maximum absolute atomic E-state index is 8.39. The summed E-state index contributed by atoms with van der Waals surface area (Å²) >= 11 is 0. The topological polar surface area (TPSA) is 64.7 Å². The summed E-state index contributed by atoms with van der Waals surface area (Å²) in [6.45, 7) is 2.27. The van der Waals surface area contributed by atoms with Crippen molar-refractivity contribution in [2.24, 2.45) is 5.73 Å². The summed E-state index contributed by atoms with van der Waals surface area (Å²) in [7, 11) is 0.576. The van der Waals surface area contributed by atoms with Gasteiger partial charge in [0.25, 0.3) is 0 Å². The molecule has 1 rings (SSSR count). The van der Waals surface area contributed by atoms with Crippen LogP contribution in [0, 0.1) is 0 Å². The van der Waals surface area contributed by atoms with Gasteiger partial charge in [-0.3, -0.25) is 0 Å². The summed E-state index contributed by atoms with van der Waals surface area (Å²) in [5.74, 6) is 0. The standard InChI is InChI=1S/C10H15BNO3/c1-8(10(12)15-11-13)14-7-9-5-3-2-4-6-9/h2-6,8,10,13H,7,12H2,1H3. The molecule has 0 heterocycles. The first-order chi connectivity index (χ1) is 7.24. The van der Waals surface area contributed by atoms with Crippen LogP contribution in [0.3, 0.4) is 0 Å². The number of ether oxygens (including phenoxy) is 1. The van der Waals surface area contributed by atoms with Crippen molar-refractivity contribution in [2.45, 2.75) is 25.9 Å². The molecule has 0 saturated carbocycles. The van der Waals surface area contributed by atoms with Gasteiger partial charge in [0.1, 0.15) is 6.23 Å². The van der Waals surface area contributed by atoms with Gasteiger partial charge in [0.2, 0.25) is 0 Å². The van der Waals surface area contributed by atoms with Crippen LogP contribution in [0.1, 0.15) is 12.5 Å². The Morgan fingerprint density at radius 2 is 2.07 bits per heavy atom. The second-order valence-corrected chi connectivity index (χ2v) is 3.21. The highest BCUT2D eigenvalue weighted by Gasteiger charge is 2.13. The molecular weight excluding hydrogens is 193 g/mol. The lowest BCUT2D eigenvalue weighted by molar-refractivity contribution is -0.0248. The van der Waals surface area contributed by atoms with E-state index in [0.29, 0.717) is 14.3 Å². The molecule has 0 fully saturated rings. The molecule has 15 heavy (non-hydrogen) atoms. The lowest BCUT2D eigenvalue weighted by Crippen LogP contribution is -2.38. The van der Waals surface area contributed by atoms with Crippen LogP contribution >= 0.6 is 0 Å². The van der Waals surface area contributed by atoms with Crippen LogP contribution < -0.4 is 5.73 Å². The molecule has 3 N–H and O–H groups in total. The van der Waals surface area contributed by atoms with Gasteiger partial charge in [-0.05, 0) is 12.5 Å². The van der Waals surface area contributed by atoms with Gasteiger partial charge in [-0.25, -0.2) is 0 Å². The summed E-state index contributed by atoms with van der Waals surface area (Å²) in [5, 5.41) is 8.39. The van der Waals surface area contributed by atoms with Crippen molar-refractivity contribution < 1.29 is 14.4 Å². The number of rotatable bonds is 6. The zero-order valence-corrected chi connectivity index (χ0v) is 8.67. The lowest BCUT2D eigenvalue weighted by Gasteiger charge is -2.19. The molecule has 0 aliphatic heterocycles. The molecule has 2 unspecified atom stereocenters. The lowest BCUT2D eigenvalue weighted by atomic mass is 10.2. The Hall–Kier alpha value is -0.875. The summed E-state index contributed by atoms with van der Waals surface area (Å²) in [4.78, 5) is 0. The van der Waals surface area contributed by atoms with Crippen LogP contribution in [-0.2, 0) is 16.0 Å². The average molecular weight is 208 g/mol. The Labute approximate surface area is 90.3 Å². The average Bonchev–Trinajstić information content (AvgIpc) is 2.27. The van der Waals surface area contributed by atoms with Gasteiger partial charge in [-0.15, -0.1) is 0 Å². The highest BCUT2D eigenvalue weighted by atomic mass is 16.6. The summed E-state index contributed by atoms with van der Waals surface area (Å²) in [5.41, 5.74) is 6.63. The molecular formula is C10H15BNO3. The van der Waals surface area contributed by atoms with E-state index >= 15 is 0 Å². The van der Waals surface area contributed by atoms with Crippen LogP contribution in [0.2, 0.25) is 0 Å². The molecule has 0 aliphatic carbocycles. The molecule has 81 valence electrons. The minimum Gasteiger partial charge on any atom is -0.429 e. The SMILES string of the molecule is CC(OCc1ccccc1)C(N)O[B]O. The molecule has 0 aromatic heterocycles. The molecule has 0 saturated heterocycles. The third-order valence-corrected chi connectivity index (χ3v) is 2.04. The summed E-state index contributed by atoms with van der Waals surface area (Å²) in [6.07, 6.45) is -0.938. The van der Waals surface area contributed by atoms with Crippen molar-refractivity contribution in [3.05, 3.63) is 35.9 Å². The first-order valence-corrected chi connectivity index (χ1v) is 4.76. The Morgan fingerprint density at radius 1 is 1.40 bits per heavy atom. The van der Waals surface area contributed by atoms with Crippen LogP contribution in [-0.4, -0.2) is 25.0 Å². The highest BCUT2D eigenvalue weighted by molar-refractivity contribution is 6.15. The minimum atomic E-state index is -0.654. The van der Waals surface area contributed by atoms with Crippen molar-refractivity contribution in [3.8, 4) is 0 Å². The normalized spacial score (nSPS) is 14.6. The Morgan fingerprint density at radius 3 is 2.67 bits per heavy atom. The van der Waals surface area contributed by atoms with Crippen molar-refractivity contribution in [2.75, 3.05) is 0 Å². The van der Waals surface area contributed by atoms with Gasteiger partial charge in [0, 0.05) is 0 Å². The fraction of sp³-hybridized carbons (Fsp3) is 0.400. The van der Waals surface area contributed by atoms with Crippen LogP contribution in [0.15, 0.2) is 30.3 Å². The van der Waals surface area contributed by atoms with E-state index < -0.39 is 6.23 Å². The van der Waals surface area contributed by atoms with E-state index in [0.717, 1.165) is 5.56 Å². The summed E-state index contributed by atoms with van der Waals surface area (Å²) in [6, 6.07) is 9.78. The second-order valence-electron chi connectivity index (χ2n) is 3.21. The zero-order chi connectivity index (χ0) is 11.1. The maximum Gasteiger partial charge on any atom is 0.486 e. The highest BCUT2D eigenvalue weighted by Crippen LogP contribution is 2.05. The fourth-order valence-corrected chi connectivity index (χ4v) is 1.08. The van der Waals surface area contributed by atoms with Gasteiger partial charge in [0.15, 0.2) is 0 Å². The molecule has 2 atom stereocenters. The van der Waals surface area contributed by atoms with Crippen LogP contribution in [0.4, 0.5) is 0 Å². The zero-order valence-electron chi connectivity index (χ0n) is 8.67. The molecule has 1 aromatic rings. The minimum absolute atomic E-state index is 0.284. The molecule has 5 heteroatoms. The van der Waals surface area contributed by atoms with Crippen molar-refractivity contribution in [3.63, 3.8) is 0 Å². The molecule has 1 radical (unpaired) electrons. The third-order valence-electron chi connectivity index (χ3n) is 2.04. The van der Waals surface area contributed by atoms with Gasteiger partial charge in [0.05, 0.1) is 12.7 Å². The van der Waals surface area contributed by atoms with E-state index in [2.05, 4.69) is 4.65 Å². The maximum atomic E-state index is 8.39. The van der Waals surface area contributed by atoms with E-state index in [9.17, 15) is 0 Å². The number of hydrogen-bond donors (Lipinski definition) is 2. The van der Waals surface area contributed by atoms with Crippen LogP contribution in [0.25, 0.3) is 0 Å². The van der Waals surface area contributed by atoms with Crippen molar-refractivity contribution in [1.82, 2.24) is 0 Å². The Bertz CT molecular complexity index is 271. The quantitative estimate of drug-likeness (QED) is 0.525. The predicted octanol–water partition coefficient (Wildman–Crippen LogP) is 0.420. The first-order valence-electron chi connectivity index (χ1n) is 4.76. The summed E-state index contributed by atoms with van der Waals surface area (Å²) < 4.78 is 10.1. The Kier molecular flexibility index (Phi) is 5.35. The number of nitrogens with two attached hydrogens (primary N) is 1. The van der Waals surface area contributed by atoms with E-state index in [1.165, 1.54) is 0 Å². The number of hydrogen-bond acceptors (Lipinski definition) is 4. The van der Waals surface area contributed by atoms with E-state index in [-0.39, 0.29) is 6.10 Å². The van der Waals surface area contributed by atoms with E-state index in [1.54, 1.807) is 6.92 Å². The first kappa shape index (κ1) is 12.2. The smallest absolute Gasteiger partial charge is 0.429 e. The van der Waals surface area contributed by atoms with Gasteiger partial charge < -0.3 is 20.1 Å².